The van der Waals surface area contributed by atoms with Gasteiger partial charge in [-0.25, -0.2) is 9.97 Å². The summed E-state index contributed by atoms with van der Waals surface area (Å²) in [5, 5.41) is 21.5. The summed E-state index contributed by atoms with van der Waals surface area (Å²) in [4.78, 5) is 11.9. The highest BCUT2D eigenvalue weighted by Gasteiger charge is 2.23. The zero-order valence-electron chi connectivity index (χ0n) is 14.8. The molecule has 0 radical (unpaired) electrons. The zero-order chi connectivity index (χ0) is 19.4. The third kappa shape index (κ3) is 4.29. The van der Waals surface area contributed by atoms with Crippen LogP contribution >= 0.6 is 0 Å². The number of aromatic nitrogens is 3. The lowest BCUT2D eigenvalue weighted by Gasteiger charge is -2.13. The molecule has 0 saturated carbocycles. The van der Waals surface area contributed by atoms with Crippen LogP contribution in [-0.2, 0) is 5.60 Å². The van der Waals surface area contributed by atoms with Gasteiger partial charge in [0.05, 0.1) is 0 Å². The van der Waals surface area contributed by atoms with Gasteiger partial charge >= 0.3 is 0 Å². The van der Waals surface area contributed by atoms with Crippen molar-refractivity contribution in [1.82, 2.24) is 15.0 Å². The van der Waals surface area contributed by atoms with E-state index in [9.17, 15) is 5.11 Å². The number of nitrogen functional groups attached to an aromatic ring is 1. The molecule has 0 bridgehead atoms. The minimum Gasteiger partial charge on any atom is -0.451 e. The van der Waals surface area contributed by atoms with Crippen LogP contribution in [0.15, 0.2) is 47.5 Å². The highest BCUT2D eigenvalue weighted by Crippen LogP contribution is 2.23. The van der Waals surface area contributed by atoms with Gasteiger partial charge in [0.2, 0.25) is 5.95 Å². The first kappa shape index (κ1) is 18.1. The Bertz CT molecular complexity index is 1030. The highest BCUT2D eigenvalue weighted by molar-refractivity contribution is 6.02. The van der Waals surface area contributed by atoms with Crippen molar-refractivity contribution in [3.8, 4) is 11.8 Å². The van der Waals surface area contributed by atoms with Crippen molar-refractivity contribution in [2.45, 2.75) is 19.4 Å². The van der Waals surface area contributed by atoms with E-state index in [-0.39, 0.29) is 5.95 Å². The van der Waals surface area contributed by atoms with E-state index in [1.54, 1.807) is 37.4 Å². The van der Waals surface area contributed by atoms with Gasteiger partial charge in [0, 0.05) is 28.7 Å². The molecule has 2 heterocycles. The van der Waals surface area contributed by atoms with Crippen LogP contribution in [-0.4, -0.2) is 25.8 Å². The summed E-state index contributed by atoms with van der Waals surface area (Å²) in [6, 6.07) is 7.01. The van der Waals surface area contributed by atoms with Crippen LogP contribution in [0.2, 0.25) is 0 Å². The molecule has 1 unspecified atom stereocenters. The van der Waals surface area contributed by atoms with E-state index in [2.05, 4.69) is 32.1 Å². The Hall–Kier alpha value is -3.70. The first-order chi connectivity index (χ1) is 12.8. The molecule has 1 aromatic carbocycles. The predicted octanol–water partition coefficient (Wildman–Crippen LogP) is 2.44. The summed E-state index contributed by atoms with van der Waals surface area (Å²) < 4.78 is 4.90. The molecule has 0 spiro atoms. The van der Waals surface area contributed by atoms with E-state index in [4.69, 9.17) is 15.6 Å². The van der Waals surface area contributed by atoms with Crippen LogP contribution in [0.1, 0.15) is 30.7 Å². The molecule has 3 aromatic rings. The van der Waals surface area contributed by atoms with Crippen LogP contribution in [0.5, 0.6) is 0 Å². The molecule has 0 aliphatic carbocycles. The van der Waals surface area contributed by atoms with Crippen LogP contribution < -0.4 is 11.1 Å². The van der Waals surface area contributed by atoms with Gasteiger partial charge in [-0.05, 0) is 38.1 Å². The standard InChI is InChI=1S/C19H18N6O2/c1-12(20)14-4-3-13(5-7-19(2,26)16-10-27-11-23-16)9-15(14)24-17-6-8-22-18(21)25-17/h3-4,6,8-11,20,26H,1-2H3,(H3,21,22,24,25). The number of nitrogens with one attached hydrogen (secondary N) is 2. The minimum atomic E-state index is -1.45. The van der Waals surface area contributed by atoms with Gasteiger partial charge < -0.3 is 26.0 Å². The van der Waals surface area contributed by atoms with E-state index >= 15 is 0 Å². The molecule has 136 valence electrons. The summed E-state index contributed by atoms with van der Waals surface area (Å²) in [6.07, 6.45) is 4.13. The predicted molar refractivity (Wildman–Crippen MR) is 102 cm³/mol. The smallest absolute Gasteiger partial charge is 0.221 e. The Morgan fingerprint density at radius 1 is 1.33 bits per heavy atom. The van der Waals surface area contributed by atoms with Gasteiger partial charge in [0.25, 0.3) is 0 Å². The minimum absolute atomic E-state index is 0.146. The van der Waals surface area contributed by atoms with Crippen molar-refractivity contribution < 1.29 is 9.52 Å². The Morgan fingerprint density at radius 2 is 2.15 bits per heavy atom. The first-order valence-electron chi connectivity index (χ1n) is 8.04. The van der Waals surface area contributed by atoms with E-state index in [1.165, 1.54) is 19.6 Å². The fourth-order valence-electron chi connectivity index (χ4n) is 2.34. The molecule has 0 aliphatic heterocycles. The van der Waals surface area contributed by atoms with E-state index in [0.717, 1.165) is 0 Å². The van der Waals surface area contributed by atoms with Gasteiger partial charge in [0.15, 0.2) is 12.0 Å². The normalized spacial score (nSPS) is 12.6. The fraction of sp³-hybridized carbons (Fsp3) is 0.158. The molecule has 0 saturated heterocycles. The molecule has 0 fully saturated rings. The molecule has 27 heavy (non-hydrogen) atoms. The summed E-state index contributed by atoms with van der Waals surface area (Å²) in [5.41, 5.74) is 6.87. The van der Waals surface area contributed by atoms with Gasteiger partial charge in [-0.15, -0.1) is 0 Å². The number of nitrogens with two attached hydrogens (primary N) is 1. The fourth-order valence-corrected chi connectivity index (χ4v) is 2.34. The second-order valence-corrected chi connectivity index (χ2v) is 6.01. The van der Waals surface area contributed by atoms with Gasteiger partial charge in [-0.3, -0.25) is 0 Å². The van der Waals surface area contributed by atoms with Crippen LogP contribution in [0.25, 0.3) is 0 Å². The monoisotopic (exact) mass is 362 g/mol. The number of nitrogens with zero attached hydrogens (tertiary/aromatic N) is 3. The molecule has 0 aliphatic rings. The Balaban J connectivity index is 1.95. The first-order valence-corrected chi connectivity index (χ1v) is 8.04. The third-order valence-corrected chi connectivity index (χ3v) is 3.74. The zero-order valence-corrected chi connectivity index (χ0v) is 14.8. The second-order valence-electron chi connectivity index (χ2n) is 6.01. The van der Waals surface area contributed by atoms with E-state index < -0.39 is 5.60 Å². The highest BCUT2D eigenvalue weighted by atomic mass is 16.3. The lowest BCUT2D eigenvalue weighted by Crippen LogP contribution is -2.18. The average Bonchev–Trinajstić information content (AvgIpc) is 3.16. The van der Waals surface area contributed by atoms with Crippen LogP contribution in [0.3, 0.4) is 0 Å². The maximum absolute atomic E-state index is 10.4. The summed E-state index contributed by atoms with van der Waals surface area (Å²) in [5.74, 6) is 6.36. The number of benzene rings is 1. The van der Waals surface area contributed by atoms with Crippen molar-refractivity contribution in [1.29, 1.82) is 5.41 Å². The Morgan fingerprint density at radius 3 is 2.81 bits per heavy atom. The molecule has 2 aromatic heterocycles. The van der Waals surface area contributed by atoms with E-state index in [0.29, 0.717) is 34.0 Å². The molecule has 0 amide bonds. The Labute approximate surface area is 156 Å². The lowest BCUT2D eigenvalue weighted by molar-refractivity contribution is 0.117. The van der Waals surface area contributed by atoms with Crippen LogP contribution in [0, 0.1) is 17.3 Å². The molecule has 8 heteroatoms. The molecule has 5 N–H and O–H groups in total. The van der Waals surface area contributed by atoms with Gasteiger partial charge in [-0.1, -0.05) is 11.8 Å². The quantitative estimate of drug-likeness (QED) is 0.413. The summed E-state index contributed by atoms with van der Waals surface area (Å²) >= 11 is 0. The second kappa shape index (κ2) is 7.27. The Kier molecular flexibility index (Phi) is 4.88. The van der Waals surface area contributed by atoms with Crippen molar-refractivity contribution in [2.24, 2.45) is 0 Å². The maximum atomic E-state index is 10.4. The van der Waals surface area contributed by atoms with Gasteiger partial charge in [0.1, 0.15) is 17.8 Å². The largest absolute Gasteiger partial charge is 0.451 e. The number of oxazole rings is 1. The molecular weight excluding hydrogens is 344 g/mol. The SMILES string of the molecule is CC(=N)c1ccc(C#CC(C)(O)c2cocn2)cc1Nc1ccnc(N)n1. The number of hydrogen-bond donors (Lipinski definition) is 4. The lowest BCUT2D eigenvalue weighted by atomic mass is 10.0. The molecule has 8 nitrogen and oxygen atoms in total. The topological polar surface area (TPSA) is 134 Å². The van der Waals surface area contributed by atoms with Crippen molar-refractivity contribution in [3.63, 3.8) is 0 Å². The molecular formula is C19H18N6O2. The number of anilines is 3. The summed E-state index contributed by atoms with van der Waals surface area (Å²) in [6.45, 7) is 3.23. The number of rotatable bonds is 4. The number of aliphatic hydroxyl groups is 1. The van der Waals surface area contributed by atoms with Crippen molar-refractivity contribution in [3.05, 3.63) is 59.9 Å². The average molecular weight is 362 g/mol. The van der Waals surface area contributed by atoms with E-state index in [1.807, 2.05) is 0 Å². The molecule has 1 atom stereocenters. The maximum Gasteiger partial charge on any atom is 0.221 e. The third-order valence-electron chi connectivity index (χ3n) is 3.74. The number of hydrogen-bond acceptors (Lipinski definition) is 8. The van der Waals surface area contributed by atoms with Crippen LogP contribution in [0.4, 0.5) is 17.5 Å². The summed E-state index contributed by atoms with van der Waals surface area (Å²) in [7, 11) is 0. The van der Waals surface area contributed by atoms with Gasteiger partial charge in [-0.2, -0.15) is 4.98 Å². The van der Waals surface area contributed by atoms with Crippen molar-refractivity contribution >= 4 is 23.2 Å². The molecule has 3 rings (SSSR count). The van der Waals surface area contributed by atoms with Crippen molar-refractivity contribution in [2.75, 3.05) is 11.1 Å².